The molecule has 1 aliphatic rings. The van der Waals surface area contributed by atoms with Crippen molar-refractivity contribution in [3.05, 3.63) is 23.1 Å². The maximum Gasteiger partial charge on any atom is 0.274 e. The number of fused-ring (bicyclic) bond motifs is 1. The monoisotopic (exact) mass is 333 g/mol. The first-order chi connectivity index (χ1) is 11.5. The van der Waals surface area contributed by atoms with Crippen LogP contribution in [0.5, 0.6) is 0 Å². The third kappa shape index (κ3) is 3.12. The Bertz CT molecular complexity index is 764. The van der Waals surface area contributed by atoms with Gasteiger partial charge >= 0.3 is 0 Å². The second-order valence-electron chi connectivity index (χ2n) is 5.89. The molecule has 0 fully saturated rings. The molecule has 0 unspecified atom stereocenters. The molecule has 0 saturated heterocycles. The van der Waals surface area contributed by atoms with Gasteiger partial charge in [-0.1, -0.05) is 10.4 Å². The molecule has 3 rings (SSSR count). The van der Waals surface area contributed by atoms with Crippen molar-refractivity contribution in [2.45, 2.75) is 46.3 Å². The van der Waals surface area contributed by atoms with Crippen molar-refractivity contribution < 1.29 is 14.1 Å². The summed E-state index contributed by atoms with van der Waals surface area (Å²) in [6.07, 6.45) is -0.0175. The summed E-state index contributed by atoms with van der Waals surface area (Å²) < 4.78 is 6.49. The molecule has 0 bridgehead atoms. The fourth-order valence-electron chi connectivity index (χ4n) is 2.59. The predicted octanol–water partition coefficient (Wildman–Crippen LogP) is -0.307. The van der Waals surface area contributed by atoms with E-state index in [0.717, 1.165) is 0 Å². The highest BCUT2D eigenvalue weighted by atomic mass is 16.5. The van der Waals surface area contributed by atoms with Crippen LogP contribution in [0.4, 0.5) is 0 Å². The average molecular weight is 333 g/mol. The summed E-state index contributed by atoms with van der Waals surface area (Å²) in [4.78, 5) is 30.3. The molecule has 0 aromatic carbocycles. The third-order valence-corrected chi connectivity index (χ3v) is 3.78. The summed E-state index contributed by atoms with van der Waals surface area (Å²) in [7, 11) is 0. The molecular formula is C14H19N7O3. The molecule has 1 N–H and O–H groups in total. The molecule has 2 aromatic heterocycles. The number of hydrogen-bond acceptors (Lipinski definition) is 7. The second kappa shape index (κ2) is 6.38. The standard InChI is InChI=1S/C14H19N7O3/c1-8(2)20-4-5-21-13(14(20)23)10(17-19-21)7-15-11(22)6-12-16-9(3)18-24-12/h8H,4-7H2,1-3H3,(H,15,22). The van der Waals surface area contributed by atoms with Gasteiger partial charge in [-0.25, -0.2) is 4.68 Å². The van der Waals surface area contributed by atoms with Gasteiger partial charge in [-0.3, -0.25) is 9.59 Å². The maximum absolute atomic E-state index is 12.6. The lowest BCUT2D eigenvalue weighted by atomic mass is 10.2. The van der Waals surface area contributed by atoms with Gasteiger partial charge < -0.3 is 14.7 Å². The van der Waals surface area contributed by atoms with E-state index in [0.29, 0.717) is 30.3 Å². The van der Waals surface area contributed by atoms with Crippen molar-refractivity contribution in [2.75, 3.05) is 6.54 Å². The Labute approximate surface area is 138 Å². The first-order valence-electron chi connectivity index (χ1n) is 7.75. The van der Waals surface area contributed by atoms with Gasteiger partial charge in [0.1, 0.15) is 12.1 Å². The summed E-state index contributed by atoms with van der Waals surface area (Å²) in [5.41, 5.74) is 0.893. The highest BCUT2D eigenvalue weighted by Gasteiger charge is 2.31. The van der Waals surface area contributed by atoms with E-state index in [1.54, 1.807) is 16.5 Å². The largest absolute Gasteiger partial charge is 0.350 e. The van der Waals surface area contributed by atoms with Gasteiger partial charge in [-0.2, -0.15) is 4.98 Å². The quantitative estimate of drug-likeness (QED) is 0.797. The molecular weight excluding hydrogens is 314 g/mol. The number of hydrogen-bond donors (Lipinski definition) is 1. The van der Waals surface area contributed by atoms with Crippen LogP contribution in [-0.4, -0.2) is 54.4 Å². The van der Waals surface area contributed by atoms with Crippen LogP contribution in [0.1, 0.15) is 41.7 Å². The molecule has 10 heteroatoms. The zero-order chi connectivity index (χ0) is 17.3. The van der Waals surface area contributed by atoms with Crippen LogP contribution in [0.3, 0.4) is 0 Å². The van der Waals surface area contributed by atoms with Crippen LogP contribution in [0.15, 0.2) is 4.52 Å². The highest BCUT2D eigenvalue weighted by Crippen LogP contribution is 2.16. The number of aromatic nitrogens is 5. The van der Waals surface area contributed by atoms with Crippen LogP contribution in [0.25, 0.3) is 0 Å². The normalized spacial score (nSPS) is 14.2. The molecule has 0 atom stereocenters. The Kier molecular flexibility index (Phi) is 4.28. The number of carbonyl (C=O) groups is 2. The topological polar surface area (TPSA) is 119 Å². The zero-order valence-electron chi connectivity index (χ0n) is 13.8. The minimum atomic E-state index is -0.288. The second-order valence-corrected chi connectivity index (χ2v) is 5.89. The number of rotatable bonds is 5. The Morgan fingerprint density at radius 1 is 1.38 bits per heavy atom. The number of nitrogens with zero attached hydrogens (tertiary/aromatic N) is 6. The lowest BCUT2D eigenvalue weighted by molar-refractivity contribution is -0.121. The number of aryl methyl sites for hydroxylation is 1. The van der Waals surface area contributed by atoms with E-state index in [4.69, 9.17) is 4.52 Å². The van der Waals surface area contributed by atoms with E-state index in [1.807, 2.05) is 13.8 Å². The van der Waals surface area contributed by atoms with Crippen LogP contribution in [0.2, 0.25) is 0 Å². The van der Waals surface area contributed by atoms with Gasteiger partial charge in [0.25, 0.3) is 5.91 Å². The predicted molar refractivity (Wildman–Crippen MR) is 80.8 cm³/mol. The van der Waals surface area contributed by atoms with Gasteiger partial charge in [-0.05, 0) is 20.8 Å². The zero-order valence-corrected chi connectivity index (χ0v) is 13.8. The fraction of sp³-hybridized carbons (Fsp3) is 0.571. The van der Waals surface area contributed by atoms with Crippen LogP contribution < -0.4 is 5.32 Å². The number of nitrogens with one attached hydrogen (secondary N) is 1. The lowest BCUT2D eigenvalue weighted by Gasteiger charge is -2.30. The van der Waals surface area contributed by atoms with E-state index < -0.39 is 0 Å². The maximum atomic E-state index is 12.6. The van der Waals surface area contributed by atoms with Crippen molar-refractivity contribution in [3.63, 3.8) is 0 Å². The molecule has 2 aromatic rings. The molecule has 128 valence electrons. The summed E-state index contributed by atoms with van der Waals surface area (Å²) in [6, 6.07) is 0.101. The van der Waals surface area contributed by atoms with Crippen molar-refractivity contribution >= 4 is 11.8 Å². The first-order valence-corrected chi connectivity index (χ1v) is 7.75. The molecule has 1 aliphatic heterocycles. The molecule has 24 heavy (non-hydrogen) atoms. The van der Waals surface area contributed by atoms with Crippen molar-refractivity contribution in [1.29, 1.82) is 0 Å². The molecule has 10 nitrogen and oxygen atoms in total. The average Bonchev–Trinajstić information content (AvgIpc) is 3.12. The Morgan fingerprint density at radius 3 is 2.83 bits per heavy atom. The van der Waals surface area contributed by atoms with Gasteiger partial charge in [0, 0.05) is 12.6 Å². The van der Waals surface area contributed by atoms with Crippen molar-refractivity contribution in [1.82, 2.24) is 35.4 Å². The molecule has 0 saturated carbocycles. The van der Waals surface area contributed by atoms with Gasteiger partial charge in [0.15, 0.2) is 11.5 Å². The van der Waals surface area contributed by atoms with Crippen LogP contribution in [0, 0.1) is 6.92 Å². The van der Waals surface area contributed by atoms with E-state index in [-0.39, 0.29) is 36.7 Å². The van der Waals surface area contributed by atoms with Crippen molar-refractivity contribution in [3.8, 4) is 0 Å². The van der Waals surface area contributed by atoms with Gasteiger partial charge in [0.05, 0.1) is 13.1 Å². The lowest BCUT2D eigenvalue weighted by Crippen LogP contribution is -2.45. The fourth-order valence-corrected chi connectivity index (χ4v) is 2.59. The molecule has 0 radical (unpaired) electrons. The summed E-state index contributed by atoms with van der Waals surface area (Å²) in [5.74, 6) is 0.323. The van der Waals surface area contributed by atoms with Gasteiger partial charge in [0.2, 0.25) is 11.8 Å². The Balaban J connectivity index is 1.66. The van der Waals surface area contributed by atoms with Gasteiger partial charge in [-0.15, -0.1) is 5.10 Å². The molecule has 2 amide bonds. The summed E-state index contributed by atoms with van der Waals surface area (Å²) in [5, 5.41) is 14.4. The number of amides is 2. The van der Waals surface area contributed by atoms with Crippen LogP contribution >= 0.6 is 0 Å². The SMILES string of the molecule is Cc1noc(CC(=O)NCc2nnn3c2C(=O)N(C(C)C)CC3)n1. The Morgan fingerprint density at radius 2 is 2.17 bits per heavy atom. The first kappa shape index (κ1) is 16.1. The van der Waals surface area contributed by atoms with Crippen LogP contribution in [-0.2, 0) is 24.3 Å². The Hall–Kier alpha value is -2.78. The van der Waals surface area contributed by atoms with E-state index >= 15 is 0 Å². The summed E-state index contributed by atoms with van der Waals surface area (Å²) in [6.45, 7) is 6.94. The van der Waals surface area contributed by atoms with E-state index in [1.165, 1.54) is 0 Å². The molecule has 3 heterocycles. The van der Waals surface area contributed by atoms with E-state index in [9.17, 15) is 9.59 Å². The van der Waals surface area contributed by atoms with E-state index in [2.05, 4.69) is 25.8 Å². The highest BCUT2D eigenvalue weighted by molar-refractivity contribution is 5.94. The minimum Gasteiger partial charge on any atom is -0.350 e. The van der Waals surface area contributed by atoms with Crippen molar-refractivity contribution in [2.24, 2.45) is 0 Å². The summed E-state index contributed by atoms with van der Waals surface area (Å²) >= 11 is 0. The number of carbonyl (C=O) groups excluding carboxylic acids is 2. The molecule has 0 aliphatic carbocycles. The third-order valence-electron chi connectivity index (χ3n) is 3.78. The molecule has 0 spiro atoms. The minimum absolute atomic E-state index is 0.0175. The smallest absolute Gasteiger partial charge is 0.274 e.